The molecule has 0 radical (unpaired) electrons. The molecule has 0 saturated carbocycles. The average Bonchev–Trinajstić information content (AvgIpc) is 2.58. The summed E-state index contributed by atoms with van der Waals surface area (Å²) in [5.74, 6) is -0.175. The van der Waals surface area contributed by atoms with E-state index in [-0.39, 0.29) is 29.1 Å². The Balaban J connectivity index is 2.14. The largest absolute Gasteiger partial charge is 0.373 e. The topological polar surface area (TPSA) is 75.7 Å². The quantitative estimate of drug-likeness (QED) is 0.837. The van der Waals surface area contributed by atoms with Crippen LogP contribution in [0.5, 0.6) is 0 Å². The fourth-order valence-corrected chi connectivity index (χ4v) is 4.61. The van der Waals surface area contributed by atoms with Crippen molar-refractivity contribution in [3.8, 4) is 0 Å². The molecular formula is C18H28N2O4S. The van der Waals surface area contributed by atoms with Crippen LogP contribution < -0.4 is 5.32 Å². The number of benzene rings is 1. The molecule has 2 unspecified atom stereocenters. The molecule has 6 nitrogen and oxygen atoms in total. The van der Waals surface area contributed by atoms with Gasteiger partial charge in [-0.1, -0.05) is 13.8 Å². The first-order valence-electron chi connectivity index (χ1n) is 8.84. The van der Waals surface area contributed by atoms with Crippen molar-refractivity contribution in [3.05, 3.63) is 29.8 Å². The molecule has 1 aromatic carbocycles. The molecule has 0 aliphatic carbocycles. The molecule has 2 rings (SSSR count). The molecule has 1 heterocycles. The Morgan fingerprint density at radius 1 is 1.16 bits per heavy atom. The number of nitrogens with one attached hydrogen (secondary N) is 1. The van der Waals surface area contributed by atoms with Crippen molar-refractivity contribution in [1.82, 2.24) is 9.62 Å². The minimum atomic E-state index is -3.58. The standard InChI is InChI=1S/C18H28N2O4S/c1-5-16(6-2)19-18(21)15-7-9-17(10-8-15)25(22,23)20-11-13(3)24-14(4)12-20/h7-10,13-14,16H,5-6,11-12H2,1-4H3,(H,19,21). The maximum Gasteiger partial charge on any atom is 0.251 e. The van der Waals surface area contributed by atoms with E-state index in [9.17, 15) is 13.2 Å². The normalized spacial score (nSPS) is 22.1. The number of rotatable bonds is 6. The predicted octanol–water partition coefficient (Wildman–Crippen LogP) is 2.40. The summed E-state index contributed by atoms with van der Waals surface area (Å²) in [4.78, 5) is 12.4. The van der Waals surface area contributed by atoms with Crippen molar-refractivity contribution >= 4 is 15.9 Å². The third kappa shape index (κ3) is 4.80. The van der Waals surface area contributed by atoms with Gasteiger partial charge in [-0.15, -0.1) is 0 Å². The predicted molar refractivity (Wildman–Crippen MR) is 97.0 cm³/mol. The smallest absolute Gasteiger partial charge is 0.251 e. The molecule has 1 saturated heterocycles. The van der Waals surface area contributed by atoms with E-state index in [1.807, 2.05) is 27.7 Å². The Hall–Kier alpha value is -1.44. The minimum absolute atomic E-state index is 0.132. The lowest BCUT2D eigenvalue weighted by atomic mass is 10.1. The molecule has 25 heavy (non-hydrogen) atoms. The highest BCUT2D eigenvalue weighted by Gasteiger charge is 2.32. The van der Waals surface area contributed by atoms with Crippen LogP contribution in [-0.2, 0) is 14.8 Å². The van der Waals surface area contributed by atoms with E-state index < -0.39 is 10.0 Å². The number of amides is 1. The molecule has 140 valence electrons. The monoisotopic (exact) mass is 368 g/mol. The van der Waals surface area contributed by atoms with Crippen LogP contribution in [0, 0.1) is 0 Å². The van der Waals surface area contributed by atoms with Crippen LogP contribution in [0.3, 0.4) is 0 Å². The third-order valence-electron chi connectivity index (χ3n) is 4.46. The highest BCUT2D eigenvalue weighted by molar-refractivity contribution is 7.89. The first-order chi connectivity index (χ1) is 11.8. The molecule has 1 fully saturated rings. The maximum absolute atomic E-state index is 12.8. The first-order valence-corrected chi connectivity index (χ1v) is 10.3. The molecule has 1 aromatic rings. The molecular weight excluding hydrogens is 340 g/mol. The van der Waals surface area contributed by atoms with Gasteiger partial charge in [-0.25, -0.2) is 8.42 Å². The molecule has 1 amide bonds. The van der Waals surface area contributed by atoms with Gasteiger partial charge in [0.15, 0.2) is 0 Å². The Morgan fingerprint density at radius 2 is 1.68 bits per heavy atom. The number of ether oxygens (including phenoxy) is 1. The Morgan fingerprint density at radius 3 is 2.16 bits per heavy atom. The summed E-state index contributed by atoms with van der Waals surface area (Å²) in [7, 11) is -3.58. The number of morpholine rings is 1. The molecule has 0 aromatic heterocycles. The number of sulfonamides is 1. The molecule has 1 aliphatic rings. The summed E-state index contributed by atoms with van der Waals surface area (Å²) in [6, 6.07) is 6.27. The van der Waals surface area contributed by atoms with Gasteiger partial charge < -0.3 is 10.1 Å². The molecule has 7 heteroatoms. The summed E-state index contributed by atoms with van der Waals surface area (Å²) in [6.45, 7) is 8.45. The van der Waals surface area contributed by atoms with E-state index in [1.165, 1.54) is 16.4 Å². The van der Waals surface area contributed by atoms with Crippen LogP contribution in [0.25, 0.3) is 0 Å². The van der Waals surface area contributed by atoms with Crippen molar-refractivity contribution in [1.29, 1.82) is 0 Å². The van der Waals surface area contributed by atoms with Crippen LogP contribution in [-0.4, -0.2) is 50.0 Å². The van der Waals surface area contributed by atoms with Gasteiger partial charge in [0.05, 0.1) is 17.1 Å². The summed E-state index contributed by atoms with van der Waals surface area (Å²) in [5.41, 5.74) is 0.467. The van der Waals surface area contributed by atoms with Gasteiger partial charge >= 0.3 is 0 Å². The van der Waals surface area contributed by atoms with E-state index in [4.69, 9.17) is 4.74 Å². The Labute approximate surface area is 150 Å². The number of carbonyl (C=O) groups is 1. The zero-order chi connectivity index (χ0) is 18.6. The van der Waals surface area contributed by atoms with Crippen LogP contribution in [0.1, 0.15) is 50.9 Å². The van der Waals surface area contributed by atoms with Crippen LogP contribution in [0.4, 0.5) is 0 Å². The molecule has 0 spiro atoms. The van der Waals surface area contributed by atoms with Crippen molar-refractivity contribution in [2.75, 3.05) is 13.1 Å². The number of carbonyl (C=O) groups excluding carboxylic acids is 1. The van der Waals surface area contributed by atoms with Gasteiger partial charge in [-0.2, -0.15) is 4.31 Å². The maximum atomic E-state index is 12.8. The van der Waals surface area contributed by atoms with Crippen LogP contribution in [0.15, 0.2) is 29.2 Å². The van der Waals surface area contributed by atoms with Gasteiger partial charge in [-0.3, -0.25) is 4.79 Å². The minimum Gasteiger partial charge on any atom is -0.373 e. The fraction of sp³-hybridized carbons (Fsp3) is 0.611. The highest BCUT2D eigenvalue weighted by Crippen LogP contribution is 2.21. The van der Waals surface area contributed by atoms with Crippen molar-refractivity contribution < 1.29 is 17.9 Å². The van der Waals surface area contributed by atoms with E-state index in [0.717, 1.165) is 12.8 Å². The van der Waals surface area contributed by atoms with Crippen molar-refractivity contribution in [2.24, 2.45) is 0 Å². The van der Waals surface area contributed by atoms with Gasteiger partial charge in [0, 0.05) is 24.7 Å². The SMILES string of the molecule is CCC(CC)NC(=O)c1ccc(S(=O)(=O)N2CC(C)OC(C)C2)cc1. The zero-order valence-corrected chi connectivity index (χ0v) is 16.2. The van der Waals surface area contributed by atoms with Gasteiger partial charge in [0.25, 0.3) is 5.91 Å². The Bertz CT molecular complexity index is 674. The van der Waals surface area contributed by atoms with E-state index >= 15 is 0 Å². The third-order valence-corrected chi connectivity index (χ3v) is 6.31. The molecule has 1 N–H and O–H groups in total. The number of hydrogen-bond acceptors (Lipinski definition) is 4. The van der Waals surface area contributed by atoms with Crippen LogP contribution >= 0.6 is 0 Å². The lowest BCUT2D eigenvalue weighted by Crippen LogP contribution is -2.48. The van der Waals surface area contributed by atoms with E-state index in [0.29, 0.717) is 18.7 Å². The summed E-state index contributed by atoms with van der Waals surface area (Å²) >= 11 is 0. The fourth-order valence-electron chi connectivity index (χ4n) is 3.02. The van der Waals surface area contributed by atoms with E-state index in [2.05, 4.69) is 5.32 Å². The molecule has 1 aliphatic heterocycles. The summed E-state index contributed by atoms with van der Waals surface area (Å²) < 4.78 is 32.6. The van der Waals surface area contributed by atoms with Gasteiger partial charge in [-0.05, 0) is 51.0 Å². The Kier molecular flexibility index (Phi) is 6.59. The lowest BCUT2D eigenvalue weighted by Gasteiger charge is -2.34. The zero-order valence-electron chi connectivity index (χ0n) is 15.4. The average molecular weight is 368 g/mol. The first kappa shape index (κ1) is 19.9. The van der Waals surface area contributed by atoms with Crippen molar-refractivity contribution in [2.45, 2.75) is 63.7 Å². The van der Waals surface area contributed by atoms with Gasteiger partial charge in [0.1, 0.15) is 0 Å². The number of nitrogens with zero attached hydrogens (tertiary/aromatic N) is 1. The van der Waals surface area contributed by atoms with Crippen molar-refractivity contribution in [3.63, 3.8) is 0 Å². The second kappa shape index (κ2) is 8.29. The lowest BCUT2D eigenvalue weighted by molar-refractivity contribution is -0.0440. The summed E-state index contributed by atoms with van der Waals surface area (Å²) in [6.07, 6.45) is 1.46. The molecule has 2 atom stereocenters. The van der Waals surface area contributed by atoms with Gasteiger partial charge in [0.2, 0.25) is 10.0 Å². The van der Waals surface area contributed by atoms with Crippen LogP contribution in [0.2, 0.25) is 0 Å². The second-order valence-electron chi connectivity index (χ2n) is 6.59. The van der Waals surface area contributed by atoms with E-state index in [1.54, 1.807) is 12.1 Å². The highest BCUT2D eigenvalue weighted by atomic mass is 32.2. The second-order valence-corrected chi connectivity index (χ2v) is 8.53. The summed E-state index contributed by atoms with van der Waals surface area (Å²) in [5, 5.41) is 2.95. The number of hydrogen-bond donors (Lipinski definition) is 1. The molecule has 0 bridgehead atoms.